The van der Waals surface area contributed by atoms with E-state index in [2.05, 4.69) is 10.6 Å². The van der Waals surface area contributed by atoms with Gasteiger partial charge in [-0.1, -0.05) is 0 Å². The molecule has 19 heavy (non-hydrogen) atoms. The van der Waals surface area contributed by atoms with E-state index in [0.29, 0.717) is 18.2 Å². The van der Waals surface area contributed by atoms with E-state index in [9.17, 15) is 9.59 Å². The Labute approximate surface area is 110 Å². The summed E-state index contributed by atoms with van der Waals surface area (Å²) >= 11 is 0. The van der Waals surface area contributed by atoms with Crippen LogP contribution in [-0.4, -0.2) is 30.8 Å². The zero-order valence-corrected chi connectivity index (χ0v) is 10.6. The van der Waals surface area contributed by atoms with Gasteiger partial charge in [0.05, 0.1) is 18.4 Å². The first-order valence-corrected chi connectivity index (χ1v) is 6.06. The van der Waals surface area contributed by atoms with Crippen LogP contribution in [0, 0.1) is 5.92 Å². The van der Waals surface area contributed by atoms with Crippen molar-refractivity contribution in [2.24, 2.45) is 5.92 Å². The van der Waals surface area contributed by atoms with Gasteiger partial charge in [-0.2, -0.15) is 0 Å². The second-order valence-electron chi connectivity index (χ2n) is 4.50. The molecule has 1 aliphatic rings. The molecule has 0 saturated heterocycles. The number of ether oxygens (including phenoxy) is 1. The fourth-order valence-corrected chi connectivity index (χ4v) is 1.66. The Kier molecular flexibility index (Phi) is 3.89. The van der Waals surface area contributed by atoms with Crippen LogP contribution in [0.3, 0.4) is 0 Å². The molecule has 6 heteroatoms. The summed E-state index contributed by atoms with van der Waals surface area (Å²) in [5.74, 6) is -0.113. The van der Waals surface area contributed by atoms with Gasteiger partial charge < -0.3 is 20.5 Å². The van der Waals surface area contributed by atoms with Crippen molar-refractivity contribution in [3.8, 4) is 5.75 Å². The van der Waals surface area contributed by atoms with Crippen molar-refractivity contribution in [2.75, 3.05) is 19.0 Å². The molecule has 102 valence electrons. The number of carbonyl (C=O) groups excluding carboxylic acids is 1. The number of carboxylic acids is 1. The Hall–Kier alpha value is -2.24. The average molecular weight is 264 g/mol. The summed E-state index contributed by atoms with van der Waals surface area (Å²) in [6.45, 7) is 0.629. The van der Waals surface area contributed by atoms with Crippen molar-refractivity contribution >= 4 is 17.7 Å². The van der Waals surface area contributed by atoms with Gasteiger partial charge in [0.2, 0.25) is 0 Å². The number of methoxy groups -OCH3 is 1. The standard InChI is InChI=1S/C13H16N2O4/c1-19-9-4-5-11(10(6-9)12(16)17)15-13(18)14-7-8-2-3-8/h4-6,8H,2-3,7H2,1H3,(H,16,17)(H2,14,15,18). The minimum Gasteiger partial charge on any atom is -0.497 e. The van der Waals surface area contributed by atoms with E-state index >= 15 is 0 Å². The van der Waals surface area contributed by atoms with E-state index in [1.54, 1.807) is 6.07 Å². The third kappa shape index (κ3) is 3.61. The van der Waals surface area contributed by atoms with Gasteiger partial charge in [-0.3, -0.25) is 0 Å². The smallest absolute Gasteiger partial charge is 0.337 e. The molecule has 1 saturated carbocycles. The van der Waals surface area contributed by atoms with Gasteiger partial charge in [-0.05, 0) is 37.0 Å². The number of carbonyl (C=O) groups is 2. The number of urea groups is 1. The Balaban J connectivity index is 2.04. The molecule has 0 bridgehead atoms. The highest BCUT2D eigenvalue weighted by Gasteiger charge is 2.22. The fourth-order valence-electron chi connectivity index (χ4n) is 1.66. The van der Waals surface area contributed by atoms with Gasteiger partial charge in [0.1, 0.15) is 5.75 Å². The van der Waals surface area contributed by atoms with Gasteiger partial charge in [-0.15, -0.1) is 0 Å². The maximum absolute atomic E-state index is 11.6. The van der Waals surface area contributed by atoms with E-state index in [4.69, 9.17) is 9.84 Å². The Bertz CT molecular complexity index is 497. The number of rotatable bonds is 5. The van der Waals surface area contributed by atoms with E-state index in [1.807, 2.05) is 0 Å². The lowest BCUT2D eigenvalue weighted by molar-refractivity contribution is 0.0697. The summed E-state index contributed by atoms with van der Waals surface area (Å²) in [7, 11) is 1.45. The second-order valence-corrected chi connectivity index (χ2v) is 4.50. The van der Waals surface area contributed by atoms with Gasteiger partial charge in [0.25, 0.3) is 0 Å². The Morgan fingerprint density at radius 1 is 1.42 bits per heavy atom. The van der Waals surface area contributed by atoms with E-state index in [-0.39, 0.29) is 17.3 Å². The van der Waals surface area contributed by atoms with Gasteiger partial charge in [-0.25, -0.2) is 9.59 Å². The molecule has 1 aromatic rings. The van der Waals surface area contributed by atoms with E-state index < -0.39 is 5.97 Å². The molecule has 1 fully saturated rings. The maximum Gasteiger partial charge on any atom is 0.337 e. The molecule has 0 aromatic heterocycles. The average Bonchev–Trinajstić information content (AvgIpc) is 3.20. The summed E-state index contributed by atoms with van der Waals surface area (Å²) in [6, 6.07) is 4.10. The van der Waals surface area contributed by atoms with Crippen LogP contribution >= 0.6 is 0 Å². The van der Waals surface area contributed by atoms with E-state index in [1.165, 1.54) is 19.2 Å². The minimum absolute atomic E-state index is 0.000854. The van der Waals surface area contributed by atoms with Gasteiger partial charge in [0, 0.05) is 6.54 Å². The highest BCUT2D eigenvalue weighted by atomic mass is 16.5. The summed E-state index contributed by atoms with van der Waals surface area (Å²) in [6.07, 6.45) is 2.28. The molecule has 6 nitrogen and oxygen atoms in total. The molecule has 0 radical (unpaired) electrons. The zero-order chi connectivity index (χ0) is 13.8. The van der Waals surface area contributed by atoms with Crippen molar-refractivity contribution in [2.45, 2.75) is 12.8 Å². The first-order chi connectivity index (χ1) is 9.10. The van der Waals surface area contributed by atoms with Crippen molar-refractivity contribution in [1.29, 1.82) is 0 Å². The first-order valence-electron chi connectivity index (χ1n) is 6.06. The lowest BCUT2D eigenvalue weighted by Gasteiger charge is -2.10. The van der Waals surface area contributed by atoms with Gasteiger partial charge >= 0.3 is 12.0 Å². The van der Waals surface area contributed by atoms with Gasteiger partial charge in [0.15, 0.2) is 0 Å². The van der Waals surface area contributed by atoms with Crippen molar-refractivity contribution in [1.82, 2.24) is 5.32 Å². The van der Waals surface area contributed by atoms with E-state index in [0.717, 1.165) is 12.8 Å². The molecular formula is C13H16N2O4. The minimum atomic E-state index is -1.11. The van der Waals surface area contributed by atoms with Crippen molar-refractivity contribution in [3.05, 3.63) is 23.8 Å². The number of hydrogen-bond donors (Lipinski definition) is 3. The Morgan fingerprint density at radius 3 is 2.74 bits per heavy atom. The number of hydrogen-bond acceptors (Lipinski definition) is 3. The van der Waals surface area contributed by atoms with Crippen molar-refractivity contribution < 1.29 is 19.4 Å². The van der Waals surface area contributed by atoms with Crippen LogP contribution in [-0.2, 0) is 0 Å². The van der Waals surface area contributed by atoms with Crippen LogP contribution in [0.5, 0.6) is 5.75 Å². The van der Waals surface area contributed by atoms with Crippen LogP contribution in [0.1, 0.15) is 23.2 Å². The maximum atomic E-state index is 11.6. The van der Waals surface area contributed by atoms with Crippen molar-refractivity contribution in [3.63, 3.8) is 0 Å². The molecule has 0 aliphatic heterocycles. The summed E-state index contributed by atoms with van der Waals surface area (Å²) < 4.78 is 4.96. The van der Waals surface area contributed by atoms with Crippen LogP contribution in [0.15, 0.2) is 18.2 Å². The molecule has 1 aromatic carbocycles. The molecule has 3 N–H and O–H groups in total. The molecule has 0 spiro atoms. The number of benzene rings is 1. The number of nitrogens with one attached hydrogen (secondary N) is 2. The summed E-state index contributed by atoms with van der Waals surface area (Å²) in [5, 5.41) is 14.4. The zero-order valence-electron chi connectivity index (χ0n) is 10.6. The molecule has 0 unspecified atom stereocenters. The van der Waals surface area contributed by atoms with Crippen LogP contribution < -0.4 is 15.4 Å². The Morgan fingerprint density at radius 2 is 2.16 bits per heavy atom. The lowest BCUT2D eigenvalue weighted by atomic mass is 10.1. The lowest BCUT2D eigenvalue weighted by Crippen LogP contribution is -2.31. The van der Waals surface area contributed by atoms with Crippen LogP contribution in [0.25, 0.3) is 0 Å². The summed E-state index contributed by atoms with van der Waals surface area (Å²) in [4.78, 5) is 22.7. The second kappa shape index (κ2) is 5.60. The molecule has 2 amide bonds. The molecule has 2 rings (SSSR count). The largest absolute Gasteiger partial charge is 0.497 e. The molecule has 0 heterocycles. The molecular weight excluding hydrogens is 248 g/mol. The number of amides is 2. The third-order valence-electron chi connectivity index (χ3n) is 2.95. The normalized spacial score (nSPS) is 13.7. The number of carboxylic acid groups (broad SMARTS) is 1. The topological polar surface area (TPSA) is 87.7 Å². The number of anilines is 1. The monoisotopic (exact) mass is 264 g/mol. The quantitative estimate of drug-likeness (QED) is 0.758. The molecule has 1 aliphatic carbocycles. The predicted molar refractivity (Wildman–Crippen MR) is 69.7 cm³/mol. The predicted octanol–water partition coefficient (Wildman–Crippen LogP) is 1.92. The SMILES string of the molecule is COc1ccc(NC(=O)NCC2CC2)c(C(=O)O)c1. The third-order valence-corrected chi connectivity index (χ3v) is 2.95. The molecule has 0 atom stereocenters. The van der Waals surface area contributed by atoms with Crippen LogP contribution in [0.2, 0.25) is 0 Å². The highest BCUT2D eigenvalue weighted by Crippen LogP contribution is 2.27. The van der Waals surface area contributed by atoms with Crippen LogP contribution in [0.4, 0.5) is 10.5 Å². The first kappa shape index (κ1) is 13.2. The highest BCUT2D eigenvalue weighted by molar-refractivity contribution is 6.00. The summed E-state index contributed by atoms with van der Waals surface area (Å²) in [5.41, 5.74) is 0.252. The number of aromatic carboxylic acids is 1. The fraction of sp³-hybridized carbons (Fsp3) is 0.385.